The highest BCUT2D eigenvalue weighted by Crippen LogP contribution is 2.07. The van der Waals surface area contributed by atoms with Crippen molar-refractivity contribution in [3.8, 4) is 0 Å². The normalized spacial score (nSPS) is 10.1. The first-order chi connectivity index (χ1) is 6.77. The zero-order chi connectivity index (χ0) is 9.97. The summed E-state index contributed by atoms with van der Waals surface area (Å²) >= 11 is 5.35. The van der Waals surface area contributed by atoms with Crippen molar-refractivity contribution < 1.29 is 0 Å². The van der Waals surface area contributed by atoms with E-state index in [0.717, 1.165) is 10.6 Å². The standard InChI is InChI=1S/C12H11NS/c1-10-4-6-11(7-5-10)12(14)13-8-2-3-9-13/h2-9H,1H3. The van der Waals surface area contributed by atoms with Gasteiger partial charge in [-0.1, -0.05) is 42.0 Å². The van der Waals surface area contributed by atoms with E-state index in [1.54, 1.807) is 0 Å². The van der Waals surface area contributed by atoms with Crippen molar-refractivity contribution in [2.45, 2.75) is 6.92 Å². The molecule has 0 bridgehead atoms. The fourth-order valence-corrected chi connectivity index (χ4v) is 1.57. The molecule has 0 aliphatic rings. The lowest BCUT2D eigenvalue weighted by Crippen LogP contribution is -2.07. The molecule has 0 radical (unpaired) electrons. The summed E-state index contributed by atoms with van der Waals surface area (Å²) in [5, 5.41) is 0. The van der Waals surface area contributed by atoms with Crippen LogP contribution >= 0.6 is 12.2 Å². The first-order valence-corrected chi connectivity index (χ1v) is 4.92. The van der Waals surface area contributed by atoms with Crippen LogP contribution in [0.25, 0.3) is 0 Å². The first kappa shape index (κ1) is 9.16. The summed E-state index contributed by atoms with van der Waals surface area (Å²) in [6, 6.07) is 12.2. The molecule has 0 atom stereocenters. The van der Waals surface area contributed by atoms with Gasteiger partial charge in [-0.15, -0.1) is 0 Å². The number of nitrogens with zero attached hydrogens (tertiary/aromatic N) is 1. The number of aryl methyl sites for hydroxylation is 1. The summed E-state index contributed by atoms with van der Waals surface area (Å²) in [5.74, 6) is 0. The molecule has 0 fully saturated rings. The minimum absolute atomic E-state index is 0.843. The molecule has 0 amide bonds. The van der Waals surface area contributed by atoms with Gasteiger partial charge in [0.2, 0.25) is 0 Å². The highest BCUT2D eigenvalue weighted by Gasteiger charge is 2.00. The van der Waals surface area contributed by atoms with Gasteiger partial charge >= 0.3 is 0 Å². The Bertz CT molecular complexity index is 426. The highest BCUT2D eigenvalue weighted by atomic mass is 32.1. The first-order valence-electron chi connectivity index (χ1n) is 4.52. The van der Waals surface area contributed by atoms with Crippen LogP contribution in [0.2, 0.25) is 0 Å². The summed E-state index contributed by atoms with van der Waals surface area (Å²) in [7, 11) is 0. The lowest BCUT2D eigenvalue weighted by atomic mass is 10.1. The van der Waals surface area contributed by atoms with Crippen LogP contribution in [-0.2, 0) is 0 Å². The Balaban J connectivity index is 2.33. The number of benzene rings is 1. The van der Waals surface area contributed by atoms with Crippen LogP contribution in [0.5, 0.6) is 0 Å². The van der Waals surface area contributed by atoms with Crippen molar-refractivity contribution in [1.29, 1.82) is 0 Å². The smallest absolute Gasteiger partial charge is 0.117 e. The van der Waals surface area contributed by atoms with E-state index >= 15 is 0 Å². The molecule has 2 heteroatoms. The topological polar surface area (TPSA) is 4.93 Å². The third-order valence-electron chi connectivity index (χ3n) is 2.14. The Morgan fingerprint density at radius 1 is 1.07 bits per heavy atom. The number of thiocarbonyl (C=S) groups is 1. The number of hydrogen-bond acceptors (Lipinski definition) is 1. The Morgan fingerprint density at radius 3 is 2.21 bits per heavy atom. The van der Waals surface area contributed by atoms with Gasteiger partial charge in [0, 0.05) is 18.0 Å². The van der Waals surface area contributed by atoms with E-state index < -0.39 is 0 Å². The van der Waals surface area contributed by atoms with Crippen LogP contribution in [-0.4, -0.2) is 9.56 Å². The van der Waals surface area contributed by atoms with Crippen LogP contribution in [0.1, 0.15) is 11.1 Å². The van der Waals surface area contributed by atoms with Gasteiger partial charge in [-0.05, 0) is 19.1 Å². The minimum Gasteiger partial charge on any atom is -0.314 e. The Hall–Kier alpha value is -1.41. The molecular formula is C12H11NS. The molecule has 2 aromatic rings. The maximum Gasteiger partial charge on any atom is 0.117 e. The monoisotopic (exact) mass is 201 g/mol. The van der Waals surface area contributed by atoms with Gasteiger partial charge in [0.05, 0.1) is 0 Å². The molecule has 1 nitrogen and oxygen atoms in total. The Morgan fingerprint density at radius 2 is 1.64 bits per heavy atom. The molecular weight excluding hydrogens is 190 g/mol. The van der Waals surface area contributed by atoms with Crippen LogP contribution in [0, 0.1) is 6.92 Å². The van der Waals surface area contributed by atoms with E-state index in [2.05, 4.69) is 31.2 Å². The highest BCUT2D eigenvalue weighted by molar-refractivity contribution is 7.80. The second kappa shape index (κ2) is 3.76. The average Bonchev–Trinajstić information content (AvgIpc) is 2.71. The maximum atomic E-state index is 5.35. The minimum atomic E-state index is 0.843. The molecule has 1 heterocycles. The molecule has 1 aromatic heterocycles. The summed E-state index contributed by atoms with van der Waals surface area (Å²) < 4.78 is 1.94. The summed E-state index contributed by atoms with van der Waals surface area (Å²) in [5.41, 5.74) is 2.34. The number of rotatable bonds is 1. The largest absolute Gasteiger partial charge is 0.314 e. The van der Waals surface area contributed by atoms with E-state index in [-0.39, 0.29) is 0 Å². The zero-order valence-electron chi connectivity index (χ0n) is 7.97. The molecule has 2 rings (SSSR count). The lowest BCUT2D eigenvalue weighted by Gasteiger charge is -2.05. The summed E-state index contributed by atoms with van der Waals surface area (Å²) in [4.78, 5) is 0.843. The molecule has 0 aliphatic heterocycles. The fourth-order valence-electron chi connectivity index (χ4n) is 1.32. The third kappa shape index (κ3) is 1.75. The van der Waals surface area contributed by atoms with Crippen molar-refractivity contribution in [3.05, 3.63) is 59.9 Å². The third-order valence-corrected chi connectivity index (χ3v) is 2.58. The van der Waals surface area contributed by atoms with Gasteiger partial charge in [0.1, 0.15) is 4.99 Å². The molecule has 0 unspecified atom stereocenters. The van der Waals surface area contributed by atoms with Crippen LogP contribution < -0.4 is 0 Å². The van der Waals surface area contributed by atoms with Crippen LogP contribution in [0.15, 0.2) is 48.8 Å². The van der Waals surface area contributed by atoms with E-state index in [4.69, 9.17) is 12.2 Å². The lowest BCUT2D eigenvalue weighted by molar-refractivity contribution is 1.19. The number of hydrogen-bond donors (Lipinski definition) is 0. The molecule has 0 N–H and O–H groups in total. The molecule has 0 saturated carbocycles. The maximum absolute atomic E-state index is 5.35. The second-order valence-corrected chi connectivity index (χ2v) is 3.65. The predicted octanol–water partition coefficient (Wildman–Crippen LogP) is 3.02. The Labute approximate surface area is 89.0 Å². The number of aromatic nitrogens is 1. The van der Waals surface area contributed by atoms with E-state index in [1.165, 1.54) is 5.56 Å². The van der Waals surface area contributed by atoms with Gasteiger partial charge in [-0.2, -0.15) is 0 Å². The van der Waals surface area contributed by atoms with Crippen molar-refractivity contribution in [2.24, 2.45) is 0 Å². The summed E-state index contributed by atoms with van der Waals surface area (Å²) in [6.07, 6.45) is 3.92. The molecule has 0 spiro atoms. The van der Waals surface area contributed by atoms with E-state index in [9.17, 15) is 0 Å². The van der Waals surface area contributed by atoms with Crippen molar-refractivity contribution >= 4 is 17.2 Å². The molecule has 70 valence electrons. The van der Waals surface area contributed by atoms with Gasteiger partial charge in [0.15, 0.2) is 0 Å². The van der Waals surface area contributed by atoms with Gasteiger partial charge in [-0.25, -0.2) is 0 Å². The second-order valence-electron chi connectivity index (χ2n) is 3.26. The molecule has 14 heavy (non-hydrogen) atoms. The molecule has 0 aliphatic carbocycles. The average molecular weight is 201 g/mol. The van der Waals surface area contributed by atoms with Gasteiger partial charge in [0.25, 0.3) is 0 Å². The van der Waals surface area contributed by atoms with E-state index in [0.29, 0.717) is 0 Å². The van der Waals surface area contributed by atoms with Crippen molar-refractivity contribution in [2.75, 3.05) is 0 Å². The SMILES string of the molecule is Cc1ccc(C(=S)n2cccc2)cc1. The molecule has 0 saturated heterocycles. The Kier molecular flexibility index (Phi) is 2.46. The zero-order valence-corrected chi connectivity index (χ0v) is 8.79. The van der Waals surface area contributed by atoms with Crippen molar-refractivity contribution in [3.63, 3.8) is 0 Å². The van der Waals surface area contributed by atoms with Crippen LogP contribution in [0.4, 0.5) is 0 Å². The van der Waals surface area contributed by atoms with Crippen molar-refractivity contribution in [1.82, 2.24) is 4.57 Å². The van der Waals surface area contributed by atoms with Crippen LogP contribution in [0.3, 0.4) is 0 Å². The predicted molar refractivity (Wildman–Crippen MR) is 62.7 cm³/mol. The van der Waals surface area contributed by atoms with E-state index in [1.807, 2.05) is 29.1 Å². The summed E-state index contributed by atoms with van der Waals surface area (Å²) in [6.45, 7) is 2.07. The van der Waals surface area contributed by atoms with Gasteiger partial charge in [-0.3, -0.25) is 0 Å². The fraction of sp³-hybridized carbons (Fsp3) is 0.0833. The molecule has 1 aromatic carbocycles. The van der Waals surface area contributed by atoms with Gasteiger partial charge < -0.3 is 4.57 Å². The quantitative estimate of drug-likeness (QED) is 0.642.